The molecule has 0 fully saturated rings. The highest BCUT2D eigenvalue weighted by Crippen LogP contribution is 2.39. The van der Waals surface area contributed by atoms with Gasteiger partial charge in [0.1, 0.15) is 27.9 Å². The molecule has 44 heavy (non-hydrogen) atoms. The molecule has 10 nitrogen and oxygen atoms in total. The Balaban J connectivity index is 1.43. The molecule has 5 aromatic carbocycles. The minimum atomic E-state index is -4.76. The van der Waals surface area contributed by atoms with E-state index >= 15 is 0 Å². The van der Waals surface area contributed by atoms with Crippen LogP contribution in [-0.2, 0) is 29.3 Å². The molecular weight excluding hydrogens is 629 g/mol. The quantitative estimate of drug-likeness (QED) is 0.0625. The summed E-state index contributed by atoms with van der Waals surface area (Å²) in [5.74, 6) is 0.876. The van der Waals surface area contributed by atoms with E-state index in [1.54, 1.807) is 60.7 Å². The number of sulfone groups is 1. The van der Waals surface area contributed by atoms with Crippen LogP contribution in [-0.4, -0.2) is 26.6 Å². The van der Waals surface area contributed by atoms with Gasteiger partial charge in [-0.25, -0.2) is 13.7 Å². The number of aryl methyl sites for hydroxylation is 1. The Kier molecular flexibility index (Phi) is 9.36. The fraction of sp³-hybridized carbons (Fsp3) is 0.0323. The lowest BCUT2D eigenvalue weighted by Gasteiger charge is -2.14. The van der Waals surface area contributed by atoms with Crippen molar-refractivity contribution in [3.8, 4) is 34.1 Å². The van der Waals surface area contributed by atoms with Crippen molar-refractivity contribution in [3.63, 3.8) is 0 Å². The number of ether oxygens (including phenoxy) is 2. The summed E-state index contributed by atoms with van der Waals surface area (Å²) in [7, 11) is -8.53. The summed E-state index contributed by atoms with van der Waals surface area (Å²) < 4.78 is 77.0. The first-order chi connectivity index (χ1) is 21.0. The monoisotopic (exact) mass is 652 g/mol. The van der Waals surface area contributed by atoms with E-state index in [4.69, 9.17) is 14.7 Å². The summed E-state index contributed by atoms with van der Waals surface area (Å²) in [4.78, 5) is 0.0376. The molecule has 0 aliphatic heterocycles. The lowest BCUT2D eigenvalue weighted by molar-refractivity contribution is -0.432. The van der Waals surface area contributed by atoms with Crippen LogP contribution in [0.15, 0.2) is 135 Å². The normalized spacial score (nSPS) is 11.7. The molecule has 0 amide bonds. The molecule has 5 aromatic rings. The van der Waals surface area contributed by atoms with Crippen LogP contribution in [0.5, 0.6) is 23.0 Å². The Bertz CT molecular complexity index is 1980. The van der Waals surface area contributed by atoms with Crippen LogP contribution in [0.25, 0.3) is 11.1 Å². The molecule has 0 spiro atoms. The first-order valence-electron chi connectivity index (χ1n) is 12.8. The van der Waals surface area contributed by atoms with Crippen molar-refractivity contribution in [3.05, 3.63) is 121 Å². The molecule has 13 heteroatoms. The molecule has 0 saturated carbocycles. The van der Waals surface area contributed by atoms with E-state index in [0.29, 0.717) is 39.6 Å². The maximum atomic E-state index is 13.0. The summed E-state index contributed by atoms with van der Waals surface area (Å²) in [5, 5.41) is 12.4. The third-order valence-corrected chi connectivity index (χ3v) is 9.60. The van der Waals surface area contributed by atoms with Gasteiger partial charge < -0.3 is 9.47 Å². The maximum absolute atomic E-state index is 13.0. The first-order valence-corrected chi connectivity index (χ1v) is 16.4. The van der Waals surface area contributed by atoms with Gasteiger partial charge in [0.05, 0.1) is 26.7 Å². The lowest BCUT2D eigenvalue weighted by Crippen LogP contribution is -2.03. The highest BCUT2D eigenvalue weighted by atomic mass is 32.2. The number of hydrogen-bond acceptors (Lipinski definition) is 10. The molecule has 0 bridgehead atoms. The van der Waals surface area contributed by atoms with Gasteiger partial charge in [-0.15, -0.1) is 4.33 Å². The molecule has 0 aliphatic carbocycles. The van der Waals surface area contributed by atoms with Gasteiger partial charge in [-0.1, -0.05) is 53.1 Å². The Labute approximate surface area is 258 Å². The van der Waals surface area contributed by atoms with Crippen molar-refractivity contribution >= 4 is 32.0 Å². The topological polar surface area (TPSA) is 146 Å². The largest absolute Gasteiger partial charge is 0.456 e. The van der Waals surface area contributed by atoms with Gasteiger partial charge in [-0.3, -0.25) is 4.55 Å². The summed E-state index contributed by atoms with van der Waals surface area (Å²) >= 11 is 0.659. The highest BCUT2D eigenvalue weighted by Gasteiger charge is 2.21. The van der Waals surface area contributed by atoms with Crippen molar-refractivity contribution in [2.24, 2.45) is 0 Å². The maximum Gasteiger partial charge on any atom is 0.298 e. The fourth-order valence-corrected chi connectivity index (χ4v) is 6.52. The Morgan fingerprint density at radius 2 is 1.18 bits per heavy atom. The summed E-state index contributed by atoms with van der Waals surface area (Å²) in [6, 6.07) is 29.9. The number of hydrogen-bond donors (Lipinski definition) is 2. The van der Waals surface area contributed by atoms with Crippen LogP contribution >= 0.6 is 12.0 Å². The van der Waals surface area contributed by atoms with Crippen LogP contribution in [0.4, 0.5) is 0 Å². The Morgan fingerprint density at radius 1 is 0.636 bits per heavy atom. The number of para-hydroxylation sites is 1. The van der Waals surface area contributed by atoms with Gasteiger partial charge >= 0.3 is 0 Å². The van der Waals surface area contributed by atoms with E-state index in [9.17, 15) is 21.4 Å². The molecule has 0 atom stereocenters. The van der Waals surface area contributed by atoms with E-state index in [0.717, 1.165) is 5.56 Å². The lowest BCUT2D eigenvalue weighted by atomic mass is 10.1. The molecule has 0 aromatic heterocycles. The summed E-state index contributed by atoms with van der Waals surface area (Å²) in [5.41, 5.74) is 1.83. The van der Waals surface area contributed by atoms with Crippen LogP contribution in [0, 0.1) is 6.92 Å². The van der Waals surface area contributed by atoms with Gasteiger partial charge in [0, 0.05) is 0 Å². The summed E-state index contributed by atoms with van der Waals surface area (Å²) in [6.07, 6.45) is 0. The molecular formula is C31H24O10S3. The van der Waals surface area contributed by atoms with Crippen LogP contribution < -0.4 is 9.47 Å². The van der Waals surface area contributed by atoms with Crippen molar-refractivity contribution in [1.29, 1.82) is 0 Å². The molecule has 0 radical (unpaired) electrons. The molecule has 5 rings (SSSR count). The predicted octanol–water partition coefficient (Wildman–Crippen LogP) is 7.75. The average molecular weight is 653 g/mol. The van der Waals surface area contributed by atoms with Gasteiger partial charge in [-0.05, 0) is 90.8 Å². The fourth-order valence-electron chi connectivity index (χ4n) is 4.15. The SMILES string of the molecule is Cc1ccc(S(=O)(=O)c2ccc(Oc3ccc(-c4ccc(Oc5ccccc5)c(SOOO)c4)cc3S(=O)(=O)O)cc2)cc1. The standard InChI is InChI=1S/C31H24O10S3/c1-21-7-13-26(14-8-21)43(33,34)27-15-11-25(12-16-27)39-29-18-10-23(20-31(29)44(35,36)37)22-9-17-28(30(19-22)42-41-40-32)38-24-5-3-2-4-6-24/h2-20,32H,1H3,(H,35,36,37). The van der Waals surface area contributed by atoms with E-state index < -0.39 is 24.9 Å². The average Bonchev–Trinajstić information content (AvgIpc) is 3.01. The van der Waals surface area contributed by atoms with Gasteiger partial charge in [0.2, 0.25) is 9.84 Å². The minimum Gasteiger partial charge on any atom is -0.456 e. The van der Waals surface area contributed by atoms with Gasteiger partial charge in [0.15, 0.2) is 0 Å². The van der Waals surface area contributed by atoms with E-state index in [-0.39, 0.29) is 21.3 Å². The first kappa shape index (κ1) is 31.2. The van der Waals surface area contributed by atoms with Crippen LogP contribution in [0.3, 0.4) is 0 Å². The molecule has 0 unspecified atom stereocenters. The molecule has 2 N–H and O–H groups in total. The van der Waals surface area contributed by atoms with Crippen molar-refractivity contribution < 1.29 is 45.5 Å². The number of benzene rings is 5. The van der Waals surface area contributed by atoms with Gasteiger partial charge in [-0.2, -0.15) is 8.42 Å². The van der Waals surface area contributed by atoms with Crippen LogP contribution in [0.1, 0.15) is 5.56 Å². The zero-order chi connectivity index (χ0) is 31.3. The van der Waals surface area contributed by atoms with E-state index in [2.05, 4.69) is 9.37 Å². The zero-order valence-corrected chi connectivity index (χ0v) is 25.3. The molecule has 0 heterocycles. The number of rotatable bonds is 11. The van der Waals surface area contributed by atoms with E-state index in [1.807, 2.05) is 13.0 Å². The van der Waals surface area contributed by atoms with Crippen LogP contribution in [0.2, 0.25) is 0 Å². The second kappa shape index (κ2) is 13.2. The molecule has 226 valence electrons. The second-order valence-electron chi connectivity index (χ2n) is 9.33. The zero-order valence-electron chi connectivity index (χ0n) is 22.9. The Hall–Kier alpha value is -4.21. The smallest absolute Gasteiger partial charge is 0.298 e. The minimum absolute atomic E-state index is 0.0306. The Morgan fingerprint density at radius 3 is 1.80 bits per heavy atom. The highest BCUT2D eigenvalue weighted by molar-refractivity contribution is 7.94. The predicted molar refractivity (Wildman–Crippen MR) is 162 cm³/mol. The summed E-state index contributed by atoms with van der Waals surface area (Å²) in [6.45, 7) is 1.85. The van der Waals surface area contributed by atoms with Crippen molar-refractivity contribution in [2.75, 3.05) is 0 Å². The third kappa shape index (κ3) is 7.29. The third-order valence-electron chi connectivity index (χ3n) is 6.32. The van der Waals surface area contributed by atoms with Crippen molar-refractivity contribution in [2.45, 2.75) is 26.5 Å². The second-order valence-corrected chi connectivity index (χ2v) is 13.4. The van der Waals surface area contributed by atoms with Gasteiger partial charge in [0.25, 0.3) is 10.1 Å². The molecule has 0 aliphatic rings. The van der Waals surface area contributed by atoms with E-state index in [1.165, 1.54) is 48.5 Å². The van der Waals surface area contributed by atoms with Crippen molar-refractivity contribution in [1.82, 2.24) is 0 Å². The molecule has 0 saturated heterocycles.